The van der Waals surface area contributed by atoms with Crippen LogP contribution >= 0.6 is 0 Å². The van der Waals surface area contributed by atoms with Crippen LogP contribution in [0.4, 0.5) is 0 Å². The Balaban J connectivity index is 1.90. The molecule has 118 valence electrons. The highest BCUT2D eigenvalue weighted by atomic mass is 16.3. The monoisotopic (exact) mass is 298 g/mol. The van der Waals surface area contributed by atoms with E-state index in [9.17, 15) is 5.11 Å². The summed E-state index contributed by atoms with van der Waals surface area (Å²) in [6.45, 7) is 9.82. The third-order valence-electron chi connectivity index (χ3n) is 3.93. The van der Waals surface area contributed by atoms with Gasteiger partial charge in [0.05, 0.1) is 6.10 Å². The van der Waals surface area contributed by atoms with Gasteiger partial charge in [-0.1, -0.05) is 51.1 Å². The van der Waals surface area contributed by atoms with E-state index >= 15 is 0 Å². The predicted molar refractivity (Wildman–Crippen MR) is 90.8 cm³/mol. The van der Waals surface area contributed by atoms with Crippen LogP contribution in [0.1, 0.15) is 49.3 Å². The molecule has 0 radical (unpaired) electrons. The Hall–Kier alpha value is -1.71. The van der Waals surface area contributed by atoms with Crippen molar-refractivity contribution in [1.82, 2.24) is 10.3 Å². The molecule has 1 aromatic carbocycles. The molecule has 0 amide bonds. The first-order valence-electron chi connectivity index (χ1n) is 7.77. The molecule has 0 saturated carbocycles. The topological polar surface area (TPSA) is 45.2 Å². The van der Waals surface area contributed by atoms with Crippen molar-refractivity contribution >= 4 is 0 Å². The second-order valence-electron chi connectivity index (χ2n) is 6.77. The third-order valence-corrected chi connectivity index (χ3v) is 3.93. The fraction of sp³-hybridized carbons (Fsp3) is 0.421. The van der Waals surface area contributed by atoms with Gasteiger partial charge in [-0.3, -0.25) is 4.98 Å². The van der Waals surface area contributed by atoms with Gasteiger partial charge >= 0.3 is 0 Å². The van der Waals surface area contributed by atoms with E-state index in [1.54, 1.807) is 6.20 Å². The fourth-order valence-corrected chi connectivity index (χ4v) is 2.37. The van der Waals surface area contributed by atoms with Gasteiger partial charge in [-0.25, -0.2) is 0 Å². The molecule has 0 aliphatic heterocycles. The number of nitrogens with zero attached hydrogens (tertiary/aromatic N) is 1. The van der Waals surface area contributed by atoms with E-state index in [1.807, 2.05) is 25.1 Å². The lowest BCUT2D eigenvalue weighted by Gasteiger charge is -2.20. The Morgan fingerprint density at radius 3 is 2.41 bits per heavy atom. The summed E-state index contributed by atoms with van der Waals surface area (Å²) >= 11 is 0. The van der Waals surface area contributed by atoms with E-state index in [2.05, 4.69) is 49.3 Å². The molecule has 0 bridgehead atoms. The average Bonchev–Trinajstić information content (AvgIpc) is 2.48. The van der Waals surface area contributed by atoms with Gasteiger partial charge in [0.1, 0.15) is 0 Å². The lowest BCUT2D eigenvalue weighted by Crippen LogP contribution is -2.21. The van der Waals surface area contributed by atoms with Crippen LogP contribution < -0.4 is 5.32 Å². The molecular formula is C19H26N2O. The Morgan fingerprint density at radius 2 is 1.82 bits per heavy atom. The number of hydrogen-bond acceptors (Lipinski definition) is 3. The van der Waals surface area contributed by atoms with Crippen molar-refractivity contribution in [2.45, 2.75) is 45.8 Å². The normalized spacial score (nSPS) is 13.1. The highest BCUT2D eigenvalue weighted by Crippen LogP contribution is 2.23. The minimum Gasteiger partial charge on any atom is -0.387 e. The summed E-state index contributed by atoms with van der Waals surface area (Å²) in [4.78, 5) is 4.27. The molecule has 22 heavy (non-hydrogen) atoms. The van der Waals surface area contributed by atoms with Crippen molar-refractivity contribution in [2.24, 2.45) is 0 Å². The van der Waals surface area contributed by atoms with E-state index in [1.165, 1.54) is 5.56 Å². The second-order valence-corrected chi connectivity index (χ2v) is 6.77. The molecule has 0 spiro atoms. The molecule has 2 N–H and O–H groups in total. The average molecular weight is 298 g/mol. The van der Waals surface area contributed by atoms with Gasteiger partial charge in [0.2, 0.25) is 0 Å². The summed E-state index contributed by atoms with van der Waals surface area (Å²) < 4.78 is 0. The number of nitrogens with one attached hydrogen (secondary N) is 1. The van der Waals surface area contributed by atoms with E-state index < -0.39 is 6.10 Å². The Morgan fingerprint density at radius 1 is 1.14 bits per heavy atom. The van der Waals surface area contributed by atoms with Crippen molar-refractivity contribution in [1.29, 1.82) is 0 Å². The maximum atomic E-state index is 10.3. The zero-order chi connectivity index (χ0) is 16.2. The zero-order valence-corrected chi connectivity index (χ0v) is 13.9. The highest BCUT2D eigenvalue weighted by Gasteiger charge is 2.14. The number of aryl methyl sites for hydroxylation is 1. The highest BCUT2D eigenvalue weighted by molar-refractivity contribution is 5.28. The van der Waals surface area contributed by atoms with Gasteiger partial charge in [0, 0.05) is 25.0 Å². The number of aliphatic hydroxyl groups excluding tert-OH is 1. The summed E-state index contributed by atoms with van der Waals surface area (Å²) in [5, 5.41) is 13.6. The SMILES string of the molecule is Cc1ncccc1CNCC(O)c1ccc(C(C)(C)C)cc1. The summed E-state index contributed by atoms with van der Waals surface area (Å²) in [7, 11) is 0. The van der Waals surface area contributed by atoms with Crippen molar-refractivity contribution in [2.75, 3.05) is 6.54 Å². The quantitative estimate of drug-likeness (QED) is 0.888. The van der Waals surface area contributed by atoms with Gasteiger partial charge in [-0.15, -0.1) is 0 Å². The molecule has 0 aliphatic rings. The number of pyridine rings is 1. The number of rotatable bonds is 5. The van der Waals surface area contributed by atoms with Crippen LogP contribution in [-0.4, -0.2) is 16.6 Å². The van der Waals surface area contributed by atoms with Gasteiger partial charge < -0.3 is 10.4 Å². The Kier molecular flexibility index (Phi) is 5.33. The van der Waals surface area contributed by atoms with E-state index in [4.69, 9.17) is 0 Å². The largest absolute Gasteiger partial charge is 0.387 e. The molecule has 0 saturated heterocycles. The molecule has 3 heteroatoms. The standard InChI is InChI=1S/C19H26N2O/c1-14-16(6-5-11-21-14)12-20-13-18(22)15-7-9-17(10-8-15)19(2,3)4/h5-11,18,20,22H,12-13H2,1-4H3. The van der Waals surface area contributed by atoms with Crippen LogP contribution in [0.25, 0.3) is 0 Å². The minimum absolute atomic E-state index is 0.138. The van der Waals surface area contributed by atoms with Gasteiger partial charge in [-0.05, 0) is 35.1 Å². The Bertz CT molecular complexity index is 600. The molecule has 3 nitrogen and oxygen atoms in total. The fourth-order valence-electron chi connectivity index (χ4n) is 2.37. The number of hydrogen-bond donors (Lipinski definition) is 2. The smallest absolute Gasteiger partial charge is 0.0914 e. The van der Waals surface area contributed by atoms with E-state index in [0.717, 1.165) is 23.4 Å². The van der Waals surface area contributed by atoms with Crippen LogP contribution in [0, 0.1) is 6.92 Å². The molecule has 1 heterocycles. The van der Waals surface area contributed by atoms with Crippen molar-refractivity contribution in [3.63, 3.8) is 0 Å². The van der Waals surface area contributed by atoms with Gasteiger partial charge in [0.25, 0.3) is 0 Å². The van der Waals surface area contributed by atoms with E-state index in [0.29, 0.717) is 6.54 Å². The predicted octanol–water partition coefficient (Wildman–Crippen LogP) is 3.51. The lowest BCUT2D eigenvalue weighted by atomic mass is 9.86. The molecule has 1 aromatic heterocycles. The summed E-state index contributed by atoms with van der Waals surface area (Å²) in [5.74, 6) is 0. The molecule has 1 atom stereocenters. The van der Waals surface area contributed by atoms with Crippen LogP contribution in [-0.2, 0) is 12.0 Å². The maximum absolute atomic E-state index is 10.3. The lowest BCUT2D eigenvalue weighted by molar-refractivity contribution is 0.174. The third kappa shape index (κ3) is 4.39. The van der Waals surface area contributed by atoms with Crippen molar-refractivity contribution in [3.8, 4) is 0 Å². The van der Waals surface area contributed by atoms with Crippen LogP contribution in [0.3, 0.4) is 0 Å². The first-order valence-corrected chi connectivity index (χ1v) is 7.77. The molecule has 0 aliphatic carbocycles. The summed E-state index contributed by atoms with van der Waals surface area (Å²) in [6.07, 6.45) is 1.30. The second kappa shape index (κ2) is 7.03. The zero-order valence-electron chi connectivity index (χ0n) is 13.9. The molecule has 2 rings (SSSR count). The van der Waals surface area contributed by atoms with Crippen LogP contribution in [0.15, 0.2) is 42.6 Å². The maximum Gasteiger partial charge on any atom is 0.0914 e. The molecular weight excluding hydrogens is 272 g/mol. The molecule has 1 unspecified atom stereocenters. The van der Waals surface area contributed by atoms with Gasteiger partial charge in [-0.2, -0.15) is 0 Å². The number of aliphatic hydroxyl groups is 1. The van der Waals surface area contributed by atoms with E-state index in [-0.39, 0.29) is 5.41 Å². The van der Waals surface area contributed by atoms with Crippen LogP contribution in [0.2, 0.25) is 0 Å². The first-order chi connectivity index (χ1) is 10.4. The number of benzene rings is 1. The Labute approximate surface area is 133 Å². The van der Waals surface area contributed by atoms with Crippen molar-refractivity contribution < 1.29 is 5.11 Å². The summed E-state index contributed by atoms with van der Waals surface area (Å²) in [6, 6.07) is 12.2. The summed E-state index contributed by atoms with van der Waals surface area (Å²) in [5.41, 5.74) is 4.56. The number of aromatic nitrogens is 1. The van der Waals surface area contributed by atoms with Gasteiger partial charge in [0.15, 0.2) is 0 Å². The molecule has 2 aromatic rings. The van der Waals surface area contributed by atoms with Crippen molar-refractivity contribution in [3.05, 3.63) is 65.0 Å². The van der Waals surface area contributed by atoms with Crippen LogP contribution in [0.5, 0.6) is 0 Å². The molecule has 0 fully saturated rings. The first kappa shape index (κ1) is 16.7. The minimum atomic E-state index is -0.494.